The average molecular weight is 536 g/mol. The normalized spacial score (nSPS) is 12.6. The molecular weight excluding hydrogens is 500 g/mol. The summed E-state index contributed by atoms with van der Waals surface area (Å²) in [6, 6.07) is 23.4. The van der Waals surface area contributed by atoms with E-state index in [0.29, 0.717) is 13.0 Å². The Hall–Kier alpha value is -2.92. The van der Waals surface area contributed by atoms with Gasteiger partial charge in [0.25, 0.3) is 0 Å². The van der Waals surface area contributed by atoms with Gasteiger partial charge in [0.2, 0.25) is 11.8 Å². The second kappa shape index (κ2) is 12.7. The summed E-state index contributed by atoms with van der Waals surface area (Å²) in [5.41, 5.74) is 5.22. The minimum absolute atomic E-state index is 0.0306. The van der Waals surface area contributed by atoms with Gasteiger partial charge < -0.3 is 10.2 Å². The Bertz CT molecular complexity index is 1130. The van der Waals surface area contributed by atoms with E-state index < -0.39 is 6.04 Å². The van der Waals surface area contributed by atoms with Crippen LogP contribution in [0.3, 0.4) is 0 Å². The number of benzene rings is 3. The number of rotatable bonds is 10. The van der Waals surface area contributed by atoms with E-state index in [1.165, 1.54) is 0 Å². The van der Waals surface area contributed by atoms with Gasteiger partial charge in [0.05, 0.1) is 6.42 Å². The van der Waals surface area contributed by atoms with Gasteiger partial charge in [0.1, 0.15) is 6.04 Å². The van der Waals surface area contributed by atoms with Crippen molar-refractivity contribution in [3.8, 4) is 0 Å². The summed E-state index contributed by atoms with van der Waals surface area (Å²) in [4.78, 5) is 29.2. The molecule has 35 heavy (non-hydrogen) atoms. The zero-order valence-corrected chi connectivity index (χ0v) is 22.6. The fourth-order valence-corrected chi connectivity index (χ4v) is 4.72. The topological polar surface area (TPSA) is 49.4 Å². The fraction of sp³-hybridized carbons (Fsp3) is 0.333. The lowest BCUT2D eigenvalue weighted by atomic mass is 10.00. The molecule has 0 spiro atoms. The van der Waals surface area contributed by atoms with Crippen LogP contribution in [0.5, 0.6) is 0 Å². The molecule has 0 saturated heterocycles. The van der Waals surface area contributed by atoms with Crippen LogP contribution in [0.1, 0.15) is 48.1 Å². The van der Waals surface area contributed by atoms with Crippen LogP contribution in [-0.2, 0) is 29.0 Å². The summed E-state index contributed by atoms with van der Waals surface area (Å²) in [6.45, 7) is 8.47. The number of hydrogen-bond acceptors (Lipinski definition) is 2. The molecule has 0 aliphatic rings. The molecule has 0 radical (unpaired) electrons. The zero-order valence-electron chi connectivity index (χ0n) is 21.1. The second-order valence-corrected chi connectivity index (χ2v) is 10.3. The van der Waals surface area contributed by atoms with E-state index >= 15 is 0 Å². The van der Waals surface area contributed by atoms with E-state index in [-0.39, 0.29) is 24.3 Å². The molecule has 5 heteroatoms. The van der Waals surface area contributed by atoms with E-state index in [4.69, 9.17) is 0 Å². The molecule has 0 aliphatic heterocycles. The first-order valence-electron chi connectivity index (χ1n) is 12.2. The van der Waals surface area contributed by atoms with Crippen LogP contribution in [0.4, 0.5) is 0 Å². The summed E-state index contributed by atoms with van der Waals surface area (Å²) in [5, 5.41) is 3.12. The van der Waals surface area contributed by atoms with Crippen LogP contribution in [0.25, 0.3) is 0 Å². The van der Waals surface area contributed by atoms with Crippen LogP contribution >= 0.6 is 15.9 Å². The molecule has 3 aromatic carbocycles. The van der Waals surface area contributed by atoms with Gasteiger partial charge in [-0.1, -0.05) is 94.6 Å². The van der Waals surface area contributed by atoms with Crippen LogP contribution in [0.15, 0.2) is 77.3 Å². The molecule has 3 rings (SSSR count). The highest BCUT2D eigenvalue weighted by atomic mass is 79.9. The largest absolute Gasteiger partial charge is 0.352 e. The molecule has 3 aromatic rings. The van der Waals surface area contributed by atoms with Crippen LogP contribution in [0.2, 0.25) is 0 Å². The Kier molecular flexibility index (Phi) is 9.67. The Labute approximate surface area is 217 Å². The van der Waals surface area contributed by atoms with Crippen LogP contribution in [-0.4, -0.2) is 28.8 Å². The maximum atomic E-state index is 13.9. The number of nitrogens with one attached hydrogen (secondary N) is 1. The van der Waals surface area contributed by atoms with Gasteiger partial charge in [0, 0.05) is 23.5 Å². The summed E-state index contributed by atoms with van der Waals surface area (Å²) in [6.07, 6.45) is 1.53. The lowest BCUT2D eigenvalue weighted by Crippen LogP contribution is -2.52. The van der Waals surface area contributed by atoms with Crippen LogP contribution in [0, 0.1) is 13.8 Å². The van der Waals surface area contributed by atoms with Gasteiger partial charge in [-0.3, -0.25) is 9.59 Å². The van der Waals surface area contributed by atoms with E-state index in [0.717, 1.165) is 38.7 Å². The quantitative estimate of drug-likeness (QED) is 0.338. The molecular formula is C30H35BrN2O2. The molecule has 1 N–H and O–H groups in total. The number of aryl methyl sites for hydroxylation is 2. The molecule has 0 saturated carbocycles. The smallest absolute Gasteiger partial charge is 0.243 e. The van der Waals surface area contributed by atoms with Gasteiger partial charge in [0.15, 0.2) is 0 Å². The maximum Gasteiger partial charge on any atom is 0.243 e. The SMILES string of the molecule is CC[C@@H](C)NC(=O)[C@@H](Cc1ccccc1)N(Cc1cccc(Br)c1)C(=O)Cc1cc(C)cc(C)c1. The lowest BCUT2D eigenvalue weighted by Gasteiger charge is -2.32. The van der Waals surface area contributed by atoms with Crippen molar-refractivity contribution in [1.29, 1.82) is 0 Å². The summed E-state index contributed by atoms with van der Waals surface area (Å²) < 4.78 is 0.945. The van der Waals surface area contributed by atoms with Crippen molar-refractivity contribution in [2.24, 2.45) is 0 Å². The summed E-state index contributed by atoms with van der Waals surface area (Å²) in [7, 11) is 0. The average Bonchev–Trinajstić information content (AvgIpc) is 2.81. The third-order valence-corrected chi connectivity index (χ3v) is 6.64. The van der Waals surface area contributed by atoms with Crippen molar-refractivity contribution >= 4 is 27.7 Å². The van der Waals surface area contributed by atoms with Gasteiger partial charge in [-0.05, 0) is 56.0 Å². The first-order chi connectivity index (χ1) is 16.7. The predicted octanol–water partition coefficient (Wildman–Crippen LogP) is 6.16. The Morgan fingerprint density at radius 1 is 0.886 bits per heavy atom. The molecule has 4 nitrogen and oxygen atoms in total. The highest BCUT2D eigenvalue weighted by Gasteiger charge is 2.31. The molecule has 0 fully saturated rings. The Morgan fingerprint density at radius 2 is 1.54 bits per heavy atom. The fourth-order valence-electron chi connectivity index (χ4n) is 4.27. The number of halogens is 1. The summed E-state index contributed by atoms with van der Waals surface area (Å²) in [5.74, 6) is -0.179. The van der Waals surface area contributed by atoms with Crippen molar-refractivity contribution in [3.63, 3.8) is 0 Å². The number of carbonyl (C=O) groups is 2. The van der Waals surface area contributed by atoms with Crippen molar-refractivity contribution < 1.29 is 9.59 Å². The monoisotopic (exact) mass is 534 g/mol. The summed E-state index contributed by atoms with van der Waals surface area (Å²) >= 11 is 3.54. The van der Waals surface area contributed by atoms with Crippen molar-refractivity contribution in [3.05, 3.63) is 105 Å². The number of nitrogens with zero attached hydrogens (tertiary/aromatic N) is 1. The highest BCUT2D eigenvalue weighted by Crippen LogP contribution is 2.20. The van der Waals surface area contributed by atoms with E-state index in [1.807, 2.05) is 94.4 Å². The Morgan fingerprint density at radius 3 is 2.17 bits per heavy atom. The minimum Gasteiger partial charge on any atom is -0.352 e. The van der Waals surface area contributed by atoms with E-state index in [9.17, 15) is 9.59 Å². The number of hydrogen-bond donors (Lipinski definition) is 1. The predicted molar refractivity (Wildman–Crippen MR) is 146 cm³/mol. The molecule has 0 heterocycles. The third-order valence-electron chi connectivity index (χ3n) is 6.15. The highest BCUT2D eigenvalue weighted by molar-refractivity contribution is 9.10. The molecule has 2 atom stereocenters. The third kappa shape index (κ3) is 8.07. The van der Waals surface area contributed by atoms with Gasteiger partial charge in [-0.2, -0.15) is 0 Å². The molecule has 0 unspecified atom stereocenters. The lowest BCUT2D eigenvalue weighted by molar-refractivity contribution is -0.141. The van der Waals surface area contributed by atoms with E-state index in [1.54, 1.807) is 4.90 Å². The number of amides is 2. The van der Waals surface area contributed by atoms with Crippen LogP contribution < -0.4 is 5.32 Å². The first kappa shape index (κ1) is 26.7. The number of carbonyl (C=O) groups excluding carboxylic acids is 2. The Balaban J connectivity index is 1.99. The molecule has 0 bridgehead atoms. The second-order valence-electron chi connectivity index (χ2n) is 9.35. The molecule has 2 amide bonds. The van der Waals surface area contributed by atoms with Gasteiger partial charge in [-0.15, -0.1) is 0 Å². The standard InChI is InChI=1S/C30H35BrN2O2/c1-5-23(4)32-30(35)28(18-24-10-7-6-8-11-24)33(20-25-12-9-13-27(31)17-25)29(34)19-26-15-21(2)14-22(3)16-26/h6-17,23,28H,5,18-20H2,1-4H3,(H,32,35)/t23-,28-/m1/s1. The van der Waals surface area contributed by atoms with Crippen molar-refractivity contribution in [1.82, 2.24) is 10.2 Å². The van der Waals surface area contributed by atoms with Gasteiger partial charge >= 0.3 is 0 Å². The maximum absolute atomic E-state index is 13.9. The minimum atomic E-state index is -0.621. The molecule has 184 valence electrons. The molecule has 0 aliphatic carbocycles. The van der Waals surface area contributed by atoms with Crippen molar-refractivity contribution in [2.45, 2.75) is 65.6 Å². The van der Waals surface area contributed by atoms with Gasteiger partial charge in [-0.25, -0.2) is 0 Å². The zero-order chi connectivity index (χ0) is 25.4. The first-order valence-corrected chi connectivity index (χ1v) is 13.0. The van der Waals surface area contributed by atoms with E-state index in [2.05, 4.69) is 27.3 Å². The molecule has 0 aromatic heterocycles. The van der Waals surface area contributed by atoms with Crippen molar-refractivity contribution in [2.75, 3.05) is 0 Å².